The van der Waals surface area contributed by atoms with Gasteiger partial charge in [-0.2, -0.15) is 0 Å². The second-order valence-corrected chi connectivity index (χ2v) is 7.72. The van der Waals surface area contributed by atoms with Crippen LogP contribution in [0.15, 0.2) is 0 Å². The Morgan fingerprint density at radius 3 is 2.09 bits per heavy atom. The van der Waals surface area contributed by atoms with Crippen molar-refractivity contribution in [2.24, 2.45) is 35.5 Å². The fraction of sp³-hybridized carbons (Fsp3) is 0.900. The van der Waals surface area contributed by atoms with Crippen LogP contribution in [-0.4, -0.2) is 19.9 Å². The van der Waals surface area contributed by atoms with Gasteiger partial charge in [-0.05, 0) is 74.5 Å². The molecule has 6 unspecified atom stereocenters. The van der Waals surface area contributed by atoms with Crippen LogP contribution < -0.4 is 0 Å². The molecule has 0 amide bonds. The third-order valence-electron chi connectivity index (χ3n) is 6.30. The predicted octanol–water partition coefficient (Wildman–Crippen LogP) is 4.88. The van der Waals surface area contributed by atoms with Crippen LogP contribution >= 0.6 is 0 Å². The van der Waals surface area contributed by atoms with Crippen molar-refractivity contribution in [3.05, 3.63) is 0 Å². The summed E-state index contributed by atoms with van der Waals surface area (Å²) in [5.74, 6) is 6.57. The van der Waals surface area contributed by atoms with Crippen molar-refractivity contribution < 1.29 is 14.3 Å². The Bertz CT molecular complexity index is 342. The van der Waals surface area contributed by atoms with E-state index < -0.39 is 0 Å². The molecule has 3 fully saturated rings. The molecule has 3 aliphatic carbocycles. The van der Waals surface area contributed by atoms with Crippen LogP contribution in [0, 0.1) is 35.5 Å². The number of carbonyl (C=O) groups is 2. The van der Waals surface area contributed by atoms with E-state index in [1.165, 1.54) is 33.3 Å². The quantitative estimate of drug-likeness (QED) is 0.646. The van der Waals surface area contributed by atoms with Gasteiger partial charge in [-0.3, -0.25) is 4.79 Å². The van der Waals surface area contributed by atoms with Gasteiger partial charge in [0.05, 0.1) is 7.11 Å². The molecule has 3 rings (SSSR count). The molecule has 0 N–H and O–H groups in total. The maximum Gasteiger partial charge on any atom is 0.292 e. The molecule has 0 aromatic carbocycles. The normalized spacial score (nSPS) is 38.3. The van der Waals surface area contributed by atoms with Gasteiger partial charge in [0.25, 0.3) is 6.47 Å². The first-order valence-corrected chi connectivity index (χ1v) is 9.45. The molecule has 0 bridgehead atoms. The topological polar surface area (TPSA) is 43.4 Å². The Morgan fingerprint density at radius 2 is 1.48 bits per heavy atom. The Morgan fingerprint density at radius 1 is 0.870 bits per heavy atom. The van der Waals surface area contributed by atoms with Gasteiger partial charge in [-0.1, -0.05) is 33.1 Å². The Kier molecular flexibility index (Phi) is 9.50. The minimum Gasteiger partial charge on any atom is -0.471 e. The molecule has 6 atom stereocenters. The fourth-order valence-electron chi connectivity index (χ4n) is 5.38. The summed E-state index contributed by atoms with van der Waals surface area (Å²) in [6.45, 7) is 6.83. The third kappa shape index (κ3) is 5.93. The summed E-state index contributed by atoms with van der Waals surface area (Å²) in [6.07, 6.45) is 13.2. The van der Waals surface area contributed by atoms with E-state index in [0.29, 0.717) is 6.47 Å². The number of ether oxygens (including phenoxy) is 1. The van der Waals surface area contributed by atoms with Crippen molar-refractivity contribution in [3.8, 4) is 0 Å². The van der Waals surface area contributed by atoms with Gasteiger partial charge < -0.3 is 9.53 Å². The molecule has 3 nitrogen and oxygen atoms in total. The number of carbonyl (C=O) groups excluding carboxylic acids is 2. The van der Waals surface area contributed by atoms with Gasteiger partial charge in [0, 0.05) is 0 Å². The summed E-state index contributed by atoms with van der Waals surface area (Å²) >= 11 is 0. The highest BCUT2D eigenvalue weighted by atomic mass is 16.5. The van der Waals surface area contributed by atoms with Crippen LogP contribution in [0.2, 0.25) is 0 Å². The molecule has 0 saturated heterocycles. The monoisotopic (exact) mass is 324 g/mol. The SMILES string of the molecule is CC1CCC2C(CCC3C(C)CCCC32)C1.CC=O.COC=O. The predicted molar refractivity (Wildman–Crippen MR) is 94.0 cm³/mol. The number of hydrogen-bond acceptors (Lipinski definition) is 3. The highest BCUT2D eigenvalue weighted by molar-refractivity contribution is 5.44. The molecule has 0 aromatic heterocycles. The third-order valence-corrected chi connectivity index (χ3v) is 6.30. The standard InChI is InChI=1S/C16H28.C2H4O2.C2H4O/c1-11-6-8-15-13(10-11)7-9-14-12(2)4-3-5-16(14)15;1-4-2-3;1-2-3/h11-16H,3-10H2,1-2H3;2H,1H3;2H,1H3. The van der Waals surface area contributed by atoms with E-state index in [1.54, 1.807) is 32.1 Å². The van der Waals surface area contributed by atoms with E-state index in [9.17, 15) is 0 Å². The lowest BCUT2D eigenvalue weighted by Gasteiger charge is -2.51. The van der Waals surface area contributed by atoms with Crippen molar-refractivity contribution >= 4 is 12.8 Å². The highest BCUT2D eigenvalue weighted by Gasteiger charge is 2.44. The maximum absolute atomic E-state index is 8.95. The number of aldehydes is 1. The highest BCUT2D eigenvalue weighted by Crippen LogP contribution is 2.53. The number of fused-ring (bicyclic) bond motifs is 3. The van der Waals surface area contributed by atoms with E-state index in [-0.39, 0.29) is 0 Å². The van der Waals surface area contributed by atoms with Gasteiger partial charge in [0.15, 0.2) is 0 Å². The Balaban J connectivity index is 0.000000325. The van der Waals surface area contributed by atoms with E-state index >= 15 is 0 Å². The van der Waals surface area contributed by atoms with Crippen LogP contribution in [0.5, 0.6) is 0 Å². The number of hydrogen-bond donors (Lipinski definition) is 0. The zero-order valence-corrected chi connectivity index (χ0v) is 15.5. The summed E-state index contributed by atoms with van der Waals surface area (Å²) in [5.41, 5.74) is 0. The van der Waals surface area contributed by atoms with Crippen LogP contribution in [0.25, 0.3) is 0 Å². The first-order chi connectivity index (χ1) is 11.1. The van der Waals surface area contributed by atoms with Crippen LogP contribution in [0.4, 0.5) is 0 Å². The summed E-state index contributed by atoms with van der Waals surface area (Å²) < 4.78 is 3.86. The minimum atomic E-state index is 0.375. The second-order valence-electron chi connectivity index (χ2n) is 7.72. The van der Waals surface area contributed by atoms with Gasteiger partial charge in [-0.15, -0.1) is 0 Å². The average molecular weight is 325 g/mol. The molecular formula is C20H36O3. The van der Waals surface area contributed by atoms with Crippen LogP contribution in [0.3, 0.4) is 0 Å². The molecule has 3 saturated carbocycles. The first-order valence-electron chi connectivity index (χ1n) is 9.45. The average Bonchev–Trinajstić information content (AvgIpc) is 2.55. The zero-order valence-electron chi connectivity index (χ0n) is 15.5. The van der Waals surface area contributed by atoms with Gasteiger partial charge in [0.2, 0.25) is 0 Å². The Hall–Kier alpha value is -0.860. The molecular weight excluding hydrogens is 288 g/mol. The molecule has 0 radical (unpaired) electrons. The van der Waals surface area contributed by atoms with Crippen molar-refractivity contribution in [3.63, 3.8) is 0 Å². The summed E-state index contributed by atoms with van der Waals surface area (Å²) in [5, 5.41) is 0. The van der Waals surface area contributed by atoms with E-state index in [2.05, 4.69) is 18.6 Å². The fourth-order valence-corrected chi connectivity index (χ4v) is 5.38. The molecule has 23 heavy (non-hydrogen) atoms. The summed E-state index contributed by atoms with van der Waals surface area (Å²) in [6, 6.07) is 0. The van der Waals surface area contributed by atoms with Crippen LogP contribution in [-0.2, 0) is 14.3 Å². The molecule has 0 aliphatic heterocycles. The van der Waals surface area contributed by atoms with E-state index in [1.807, 2.05) is 0 Å². The summed E-state index contributed by atoms with van der Waals surface area (Å²) in [7, 11) is 1.31. The summed E-state index contributed by atoms with van der Waals surface area (Å²) in [4.78, 5) is 17.8. The molecule has 134 valence electrons. The lowest BCUT2D eigenvalue weighted by molar-refractivity contribution is -0.126. The number of rotatable bonds is 1. The van der Waals surface area contributed by atoms with Gasteiger partial charge in [-0.25, -0.2) is 0 Å². The van der Waals surface area contributed by atoms with Crippen molar-refractivity contribution in [2.45, 2.75) is 72.1 Å². The molecule has 0 heterocycles. The van der Waals surface area contributed by atoms with Gasteiger partial charge >= 0.3 is 0 Å². The molecule has 3 aliphatic rings. The Labute approximate surface area is 142 Å². The molecule has 0 aromatic rings. The molecule has 3 heteroatoms. The zero-order chi connectivity index (χ0) is 17.2. The maximum atomic E-state index is 8.95. The smallest absolute Gasteiger partial charge is 0.292 e. The van der Waals surface area contributed by atoms with Crippen molar-refractivity contribution in [2.75, 3.05) is 7.11 Å². The second kappa shape index (κ2) is 10.8. The lowest BCUT2D eigenvalue weighted by Crippen LogP contribution is -2.42. The first kappa shape index (κ1) is 20.2. The van der Waals surface area contributed by atoms with Crippen molar-refractivity contribution in [1.29, 1.82) is 0 Å². The van der Waals surface area contributed by atoms with Crippen LogP contribution in [0.1, 0.15) is 72.1 Å². The van der Waals surface area contributed by atoms with E-state index in [0.717, 1.165) is 41.8 Å². The van der Waals surface area contributed by atoms with Gasteiger partial charge in [0.1, 0.15) is 6.29 Å². The molecule has 0 spiro atoms. The lowest BCUT2D eigenvalue weighted by atomic mass is 9.54. The van der Waals surface area contributed by atoms with Crippen molar-refractivity contribution in [1.82, 2.24) is 0 Å². The minimum absolute atomic E-state index is 0.375. The number of methoxy groups -OCH3 is 1. The largest absolute Gasteiger partial charge is 0.471 e. The van der Waals surface area contributed by atoms with E-state index in [4.69, 9.17) is 9.59 Å².